The van der Waals surface area contributed by atoms with Gasteiger partial charge in [-0.2, -0.15) is 0 Å². The Hall–Kier alpha value is -2.40. The fourth-order valence-corrected chi connectivity index (χ4v) is 2.75. The van der Waals surface area contributed by atoms with Gasteiger partial charge in [0.15, 0.2) is 0 Å². The van der Waals surface area contributed by atoms with Crippen molar-refractivity contribution >= 4 is 17.2 Å². The predicted octanol–water partition coefficient (Wildman–Crippen LogP) is 3.57. The van der Waals surface area contributed by atoms with Crippen LogP contribution in [0.25, 0.3) is 11.5 Å². The third-order valence-corrected chi connectivity index (χ3v) is 4.16. The molecule has 1 amide bonds. The molecule has 3 rings (SSSR count). The van der Waals surface area contributed by atoms with Gasteiger partial charge in [-0.1, -0.05) is 24.3 Å². The van der Waals surface area contributed by atoms with Crippen LogP contribution in [0.5, 0.6) is 0 Å². The van der Waals surface area contributed by atoms with Crippen LogP contribution in [0.3, 0.4) is 0 Å². The van der Waals surface area contributed by atoms with E-state index in [1.807, 2.05) is 54.8 Å². The molecule has 1 aromatic carbocycles. The molecule has 0 unspecified atom stereocenters. The fourth-order valence-electron chi connectivity index (χ4n) is 2.11. The zero-order valence-electron chi connectivity index (χ0n) is 12.2. The summed E-state index contributed by atoms with van der Waals surface area (Å²) in [7, 11) is 0. The monoisotopic (exact) mass is 312 g/mol. The molecule has 0 atom stereocenters. The van der Waals surface area contributed by atoms with E-state index in [0.29, 0.717) is 23.9 Å². The topological polar surface area (TPSA) is 55.1 Å². The highest BCUT2D eigenvalue weighted by molar-refractivity contribution is 7.09. The zero-order chi connectivity index (χ0) is 15.4. The molecule has 0 fully saturated rings. The summed E-state index contributed by atoms with van der Waals surface area (Å²) < 4.78 is 5.66. The van der Waals surface area contributed by atoms with E-state index in [1.54, 1.807) is 11.3 Å². The van der Waals surface area contributed by atoms with Crippen LogP contribution < -0.4 is 5.32 Å². The van der Waals surface area contributed by atoms with Crippen LogP contribution in [0.2, 0.25) is 0 Å². The molecule has 112 valence electrons. The molecule has 3 aromatic rings. The molecule has 4 nitrogen and oxygen atoms in total. The number of hydrogen-bond donors (Lipinski definition) is 1. The highest BCUT2D eigenvalue weighted by Crippen LogP contribution is 2.21. The summed E-state index contributed by atoms with van der Waals surface area (Å²) in [5, 5.41) is 4.90. The van der Waals surface area contributed by atoms with E-state index in [0.717, 1.165) is 10.4 Å². The first-order valence-corrected chi connectivity index (χ1v) is 7.91. The molecule has 0 spiro atoms. The van der Waals surface area contributed by atoms with Gasteiger partial charge in [-0.05, 0) is 30.5 Å². The van der Waals surface area contributed by atoms with Gasteiger partial charge in [0.1, 0.15) is 5.76 Å². The molecule has 0 aliphatic heterocycles. The average Bonchev–Trinajstić information content (AvgIpc) is 3.17. The highest BCUT2D eigenvalue weighted by atomic mass is 32.1. The Kier molecular flexibility index (Phi) is 4.34. The van der Waals surface area contributed by atoms with Crippen molar-refractivity contribution in [3.8, 4) is 11.5 Å². The van der Waals surface area contributed by atoms with Crippen LogP contribution in [-0.4, -0.2) is 10.9 Å². The molecular weight excluding hydrogens is 296 g/mol. The predicted molar refractivity (Wildman–Crippen MR) is 86.5 cm³/mol. The lowest BCUT2D eigenvalue weighted by Crippen LogP contribution is -2.24. The molecule has 22 heavy (non-hydrogen) atoms. The van der Waals surface area contributed by atoms with Gasteiger partial charge in [0, 0.05) is 10.4 Å². The van der Waals surface area contributed by atoms with E-state index in [-0.39, 0.29) is 12.3 Å². The number of oxazole rings is 1. The molecule has 0 saturated heterocycles. The van der Waals surface area contributed by atoms with Crippen molar-refractivity contribution in [1.82, 2.24) is 10.3 Å². The molecule has 5 heteroatoms. The second kappa shape index (κ2) is 6.58. The van der Waals surface area contributed by atoms with E-state index in [9.17, 15) is 4.79 Å². The zero-order valence-corrected chi connectivity index (χ0v) is 13.0. The Bertz CT molecular complexity index is 748. The van der Waals surface area contributed by atoms with Crippen molar-refractivity contribution in [3.63, 3.8) is 0 Å². The number of hydrogen-bond acceptors (Lipinski definition) is 4. The van der Waals surface area contributed by atoms with Crippen molar-refractivity contribution < 1.29 is 9.21 Å². The molecular formula is C17H16N2O2S. The Balaban J connectivity index is 1.65. The Morgan fingerprint density at radius 2 is 2.05 bits per heavy atom. The first-order chi connectivity index (χ1) is 10.7. The number of thiophene rings is 1. The van der Waals surface area contributed by atoms with Gasteiger partial charge in [0.2, 0.25) is 11.8 Å². The minimum Gasteiger partial charge on any atom is -0.441 e. The first kappa shape index (κ1) is 14.5. The standard InChI is InChI=1S/C17H16N2O2S/c1-12-15(10-16(20)18-11-14-8-5-9-22-14)19-17(21-12)13-6-3-2-4-7-13/h2-9H,10-11H2,1H3,(H,18,20). The minimum atomic E-state index is -0.0515. The second-order valence-electron chi connectivity index (χ2n) is 4.92. The first-order valence-electron chi connectivity index (χ1n) is 7.03. The van der Waals surface area contributed by atoms with E-state index in [1.165, 1.54) is 0 Å². The Morgan fingerprint density at radius 1 is 1.23 bits per heavy atom. The van der Waals surface area contributed by atoms with Crippen LogP contribution >= 0.6 is 11.3 Å². The third kappa shape index (κ3) is 3.43. The van der Waals surface area contributed by atoms with E-state index in [4.69, 9.17) is 4.42 Å². The van der Waals surface area contributed by atoms with Gasteiger partial charge >= 0.3 is 0 Å². The number of aromatic nitrogens is 1. The van der Waals surface area contributed by atoms with Gasteiger partial charge in [-0.15, -0.1) is 11.3 Å². The van der Waals surface area contributed by atoms with Crippen LogP contribution in [0.15, 0.2) is 52.3 Å². The number of benzene rings is 1. The second-order valence-corrected chi connectivity index (χ2v) is 5.95. The minimum absolute atomic E-state index is 0.0515. The molecule has 0 radical (unpaired) electrons. The van der Waals surface area contributed by atoms with E-state index >= 15 is 0 Å². The van der Waals surface area contributed by atoms with Crippen molar-refractivity contribution in [2.75, 3.05) is 0 Å². The quantitative estimate of drug-likeness (QED) is 0.783. The largest absolute Gasteiger partial charge is 0.441 e. The summed E-state index contributed by atoms with van der Waals surface area (Å²) in [6.07, 6.45) is 0.230. The number of carbonyl (C=O) groups is 1. The van der Waals surface area contributed by atoms with Gasteiger partial charge in [-0.25, -0.2) is 4.98 Å². The number of amides is 1. The van der Waals surface area contributed by atoms with Gasteiger partial charge in [0.25, 0.3) is 0 Å². The summed E-state index contributed by atoms with van der Waals surface area (Å²) in [6.45, 7) is 2.39. The van der Waals surface area contributed by atoms with Crippen molar-refractivity contribution in [2.24, 2.45) is 0 Å². The number of carbonyl (C=O) groups excluding carboxylic acids is 1. The summed E-state index contributed by atoms with van der Waals surface area (Å²) in [5.74, 6) is 1.19. The fraction of sp³-hybridized carbons (Fsp3) is 0.176. The third-order valence-electron chi connectivity index (χ3n) is 3.28. The molecule has 0 bridgehead atoms. The number of rotatable bonds is 5. The lowest BCUT2D eigenvalue weighted by molar-refractivity contribution is -0.120. The highest BCUT2D eigenvalue weighted by Gasteiger charge is 2.14. The summed E-state index contributed by atoms with van der Waals surface area (Å²) in [4.78, 5) is 17.6. The van der Waals surface area contributed by atoms with Crippen molar-refractivity contribution in [1.29, 1.82) is 0 Å². The smallest absolute Gasteiger partial charge is 0.226 e. The van der Waals surface area contributed by atoms with Crippen molar-refractivity contribution in [2.45, 2.75) is 19.9 Å². The maximum atomic E-state index is 12.0. The number of nitrogens with zero attached hydrogens (tertiary/aromatic N) is 1. The van der Waals surface area contributed by atoms with Crippen LogP contribution in [-0.2, 0) is 17.8 Å². The van der Waals surface area contributed by atoms with Crippen LogP contribution in [0.4, 0.5) is 0 Å². The maximum Gasteiger partial charge on any atom is 0.226 e. The van der Waals surface area contributed by atoms with Crippen molar-refractivity contribution in [3.05, 3.63) is 64.2 Å². The van der Waals surface area contributed by atoms with E-state index < -0.39 is 0 Å². The summed E-state index contributed by atoms with van der Waals surface area (Å²) in [5.41, 5.74) is 1.60. The summed E-state index contributed by atoms with van der Waals surface area (Å²) in [6, 6.07) is 13.7. The SMILES string of the molecule is Cc1oc(-c2ccccc2)nc1CC(=O)NCc1cccs1. The van der Waals surface area contributed by atoms with Crippen LogP contribution in [0, 0.1) is 6.92 Å². The molecule has 0 aliphatic rings. The maximum absolute atomic E-state index is 12.0. The average molecular weight is 312 g/mol. The van der Waals surface area contributed by atoms with Gasteiger partial charge in [-0.3, -0.25) is 4.79 Å². The van der Waals surface area contributed by atoms with Gasteiger partial charge in [0.05, 0.1) is 18.7 Å². The van der Waals surface area contributed by atoms with E-state index in [2.05, 4.69) is 10.3 Å². The molecule has 1 N–H and O–H groups in total. The van der Waals surface area contributed by atoms with Crippen LogP contribution in [0.1, 0.15) is 16.3 Å². The molecule has 0 aliphatic carbocycles. The van der Waals surface area contributed by atoms with Gasteiger partial charge < -0.3 is 9.73 Å². The molecule has 0 saturated carbocycles. The normalized spacial score (nSPS) is 10.6. The number of aryl methyl sites for hydroxylation is 1. The molecule has 2 aromatic heterocycles. The Labute approximate surface area is 132 Å². The number of nitrogens with one attached hydrogen (secondary N) is 1. The lowest BCUT2D eigenvalue weighted by Gasteiger charge is -2.01. The lowest BCUT2D eigenvalue weighted by atomic mass is 10.2. The Morgan fingerprint density at radius 3 is 2.77 bits per heavy atom. The molecule has 2 heterocycles. The summed E-state index contributed by atoms with van der Waals surface area (Å²) >= 11 is 1.63.